The van der Waals surface area contributed by atoms with E-state index in [9.17, 15) is 14.3 Å². The van der Waals surface area contributed by atoms with Crippen LogP contribution in [0.4, 0.5) is 10.1 Å². The number of carbonyl (C=O) groups is 1. The van der Waals surface area contributed by atoms with E-state index < -0.39 is 17.2 Å². The van der Waals surface area contributed by atoms with Gasteiger partial charge in [0.05, 0.1) is 0 Å². The Morgan fingerprint density at radius 2 is 2.31 bits per heavy atom. The first-order chi connectivity index (χ1) is 7.56. The molecule has 1 fully saturated rings. The van der Waals surface area contributed by atoms with Crippen molar-refractivity contribution in [3.63, 3.8) is 0 Å². The SMILES string of the molecule is Nc1ccc(C2(C(=O)O)CCNC2)c(F)c1. The molecule has 16 heavy (non-hydrogen) atoms. The van der Waals surface area contributed by atoms with Gasteiger partial charge in [-0.3, -0.25) is 4.79 Å². The maximum absolute atomic E-state index is 13.7. The molecule has 1 unspecified atom stereocenters. The molecule has 0 bridgehead atoms. The van der Waals surface area contributed by atoms with Crippen LogP contribution < -0.4 is 11.1 Å². The van der Waals surface area contributed by atoms with Crippen LogP contribution in [0.3, 0.4) is 0 Å². The molecule has 4 nitrogen and oxygen atoms in total. The number of hydrogen-bond acceptors (Lipinski definition) is 3. The molecule has 1 heterocycles. The van der Waals surface area contributed by atoms with E-state index in [0.717, 1.165) is 0 Å². The zero-order valence-corrected chi connectivity index (χ0v) is 8.66. The molecule has 0 amide bonds. The molecule has 1 saturated heterocycles. The van der Waals surface area contributed by atoms with Crippen molar-refractivity contribution in [1.29, 1.82) is 0 Å². The third-order valence-corrected chi connectivity index (χ3v) is 3.07. The van der Waals surface area contributed by atoms with Gasteiger partial charge in [0.15, 0.2) is 0 Å². The lowest BCUT2D eigenvalue weighted by atomic mass is 9.79. The van der Waals surface area contributed by atoms with Crippen LogP contribution in [0.25, 0.3) is 0 Å². The quantitative estimate of drug-likeness (QED) is 0.647. The van der Waals surface area contributed by atoms with Crippen LogP contribution in [0.1, 0.15) is 12.0 Å². The number of anilines is 1. The van der Waals surface area contributed by atoms with Crippen LogP contribution in [0.2, 0.25) is 0 Å². The number of rotatable bonds is 2. The molecule has 1 atom stereocenters. The van der Waals surface area contributed by atoms with Gasteiger partial charge in [0.1, 0.15) is 11.2 Å². The minimum Gasteiger partial charge on any atom is -0.481 e. The van der Waals surface area contributed by atoms with E-state index in [2.05, 4.69) is 5.32 Å². The van der Waals surface area contributed by atoms with Crippen LogP contribution in [-0.2, 0) is 10.2 Å². The number of aliphatic carboxylic acids is 1. The van der Waals surface area contributed by atoms with Gasteiger partial charge in [-0.2, -0.15) is 0 Å². The molecule has 1 aromatic carbocycles. The number of nitrogens with two attached hydrogens (primary N) is 1. The van der Waals surface area contributed by atoms with Gasteiger partial charge < -0.3 is 16.2 Å². The first-order valence-electron chi connectivity index (χ1n) is 5.06. The van der Waals surface area contributed by atoms with Gasteiger partial charge in [0, 0.05) is 17.8 Å². The number of nitrogens with one attached hydrogen (secondary N) is 1. The lowest BCUT2D eigenvalue weighted by molar-refractivity contribution is -0.143. The molecule has 0 spiro atoms. The smallest absolute Gasteiger partial charge is 0.315 e. The summed E-state index contributed by atoms with van der Waals surface area (Å²) >= 11 is 0. The molecular weight excluding hydrogens is 211 g/mol. The molecule has 1 aliphatic rings. The molecule has 1 aromatic rings. The molecule has 5 heteroatoms. The van der Waals surface area contributed by atoms with Gasteiger partial charge in [-0.15, -0.1) is 0 Å². The molecule has 0 saturated carbocycles. The summed E-state index contributed by atoms with van der Waals surface area (Å²) in [6.07, 6.45) is 0.392. The number of nitrogen functional groups attached to an aromatic ring is 1. The highest BCUT2D eigenvalue weighted by molar-refractivity contribution is 5.82. The summed E-state index contributed by atoms with van der Waals surface area (Å²) in [7, 11) is 0. The first-order valence-corrected chi connectivity index (χ1v) is 5.06. The van der Waals surface area contributed by atoms with E-state index in [4.69, 9.17) is 5.73 Å². The second-order valence-corrected chi connectivity index (χ2v) is 4.05. The van der Waals surface area contributed by atoms with Crippen LogP contribution in [0.15, 0.2) is 18.2 Å². The van der Waals surface area contributed by atoms with Gasteiger partial charge in [-0.05, 0) is 25.1 Å². The van der Waals surface area contributed by atoms with Crippen molar-refractivity contribution in [3.05, 3.63) is 29.6 Å². The highest BCUT2D eigenvalue weighted by atomic mass is 19.1. The van der Waals surface area contributed by atoms with E-state index >= 15 is 0 Å². The average molecular weight is 224 g/mol. The van der Waals surface area contributed by atoms with E-state index in [1.165, 1.54) is 18.2 Å². The van der Waals surface area contributed by atoms with Crippen LogP contribution in [0.5, 0.6) is 0 Å². The molecule has 0 aromatic heterocycles. The Kier molecular flexibility index (Phi) is 2.55. The van der Waals surface area contributed by atoms with Crippen molar-refractivity contribution >= 4 is 11.7 Å². The normalized spacial score (nSPS) is 24.6. The van der Waals surface area contributed by atoms with E-state index in [1.807, 2.05) is 0 Å². The molecule has 86 valence electrons. The van der Waals surface area contributed by atoms with Gasteiger partial charge in [-0.25, -0.2) is 4.39 Å². The molecule has 4 N–H and O–H groups in total. The van der Waals surface area contributed by atoms with E-state index in [0.29, 0.717) is 18.7 Å². The number of benzene rings is 1. The van der Waals surface area contributed by atoms with Crippen molar-refractivity contribution in [3.8, 4) is 0 Å². The van der Waals surface area contributed by atoms with Gasteiger partial charge in [-0.1, -0.05) is 6.07 Å². The van der Waals surface area contributed by atoms with Crippen molar-refractivity contribution in [2.24, 2.45) is 0 Å². The Labute approximate surface area is 92.3 Å². The van der Waals surface area contributed by atoms with Gasteiger partial charge in [0.25, 0.3) is 0 Å². The first kappa shape index (κ1) is 10.9. The molecule has 1 aliphatic heterocycles. The lowest BCUT2D eigenvalue weighted by Crippen LogP contribution is -2.38. The topological polar surface area (TPSA) is 75.4 Å². The summed E-state index contributed by atoms with van der Waals surface area (Å²) in [6, 6.07) is 4.16. The Bertz CT molecular complexity index is 428. The van der Waals surface area contributed by atoms with Crippen molar-refractivity contribution in [1.82, 2.24) is 5.32 Å². The fourth-order valence-electron chi connectivity index (χ4n) is 2.14. The average Bonchev–Trinajstić information content (AvgIpc) is 2.67. The minimum absolute atomic E-state index is 0.208. The predicted octanol–water partition coefficient (Wildman–Crippen LogP) is 0.724. The summed E-state index contributed by atoms with van der Waals surface area (Å²) in [5.74, 6) is -1.55. The monoisotopic (exact) mass is 224 g/mol. The summed E-state index contributed by atoms with van der Waals surface area (Å²) < 4.78 is 13.7. The summed E-state index contributed by atoms with van der Waals surface area (Å²) in [5, 5.41) is 12.2. The minimum atomic E-state index is -1.15. The highest BCUT2D eigenvalue weighted by Gasteiger charge is 2.44. The van der Waals surface area contributed by atoms with Gasteiger partial charge >= 0.3 is 5.97 Å². The zero-order chi connectivity index (χ0) is 11.8. The number of halogens is 1. The number of carboxylic acid groups (broad SMARTS) is 1. The third-order valence-electron chi connectivity index (χ3n) is 3.07. The molecule has 0 aliphatic carbocycles. The predicted molar refractivity (Wildman–Crippen MR) is 57.6 cm³/mol. The Balaban J connectivity index is 2.51. The molecule has 0 radical (unpaired) electrons. The molecule has 2 rings (SSSR count). The van der Waals surface area contributed by atoms with Crippen molar-refractivity contribution < 1.29 is 14.3 Å². The summed E-state index contributed by atoms with van der Waals surface area (Å²) in [5.41, 5.74) is 4.79. The highest BCUT2D eigenvalue weighted by Crippen LogP contribution is 2.33. The van der Waals surface area contributed by atoms with Crippen molar-refractivity contribution in [2.45, 2.75) is 11.8 Å². The van der Waals surface area contributed by atoms with Crippen LogP contribution >= 0.6 is 0 Å². The van der Waals surface area contributed by atoms with Crippen molar-refractivity contribution in [2.75, 3.05) is 18.8 Å². The third kappa shape index (κ3) is 1.53. The lowest BCUT2D eigenvalue weighted by Gasteiger charge is -2.24. The maximum atomic E-state index is 13.7. The second-order valence-electron chi connectivity index (χ2n) is 4.05. The Morgan fingerprint density at radius 3 is 2.81 bits per heavy atom. The fraction of sp³-hybridized carbons (Fsp3) is 0.364. The van der Waals surface area contributed by atoms with Crippen LogP contribution in [0, 0.1) is 5.82 Å². The molecular formula is C11H13FN2O2. The number of carboxylic acids is 1. The summed E-state index contributed by atoms with van der Waals surface area (Å²) in [6.45, 7) is 0.833. The number of hydrogen-bond donors (Lipinski definition) is 3. The maximum Gasteiger partial charge on any atom is 0.315 e. The van der Waals surface area contributed by atoms with E-state index in [1.54, 1.807) is 0 Å². The van der Waals surface area contributed by atoms with Gasteiger partial charge in [0.2, 0.25) is 0 Å². The standard InChI is InChI=1S/C11H13FN2O2/c12-9-5-7(13)1-2-8(9)11(10(15)16)3-4-14-6-11/h1-2,5,14H,3-4,6,13H2,(H,15,16). The zero-order valence-electron chi connectivity index (χ0n) is 8.66. The summed E-state index contributed by atoms with van der Waals surface area (Å²) in [4.78, 5) is 11.3. The van der Waals surface area contributed by atoms with E-state index in [-0.39, 0.29) is 12.1 Å². The fourth-order valence-corrected chi connectivity index (χ4v) is 2.14. The largest absolute Gasteiger partial charge is 0.481 e. The Hall–Kier alpha value is -1.62. The second kappa shape index (κ2) is 3.75. The Morgan fingerprint density at radius 1 is 1.56 bits per heavy atom. The van der Waals surface area contributed by atoms with Crippen LogP contribution in [-0.4, -0.2) is 24.2 Å².